The number of anilines is 2. The molecule has 3 aromatic rings. The Morgan fingerprint density at radius 1 is 1.02 bits per heavy atom. The Bertz CT molecular complexity index is 1460. The van der Waals surface area contributed by atoms with Crippen LogP contribution in [-0.4, -0.2) is 53.9 Å². The van der Waals surface area contributed by atoms with E-state index in [0.717, 1.165) is 65.6 Å². The van der Waals surface area contributed by atoms with Crippen LogP contribution in [0.2, 0.25) is 0 Å². The topological polar surface area (TPSA) is 85.8 Å². The van der Waals surface area contributed by atoms with E-state index >= 15 is 0 Å². The van der Waals surface area contributed by atoms with E-state index in [2.05, 4.69) is 50.0 Å². The molecule has 0 saturated carbocycles. The summed E-state index contributed by atoms with van der Waals surface area (Å²) in [6, 6.07) is 10.2. The van der Waals surface area contributed by atoms with Crippen molar-refractivity contribution in [2.45, 2.75) is 99.9 Å². The molecule has 1 N–H and O–H groups in total. The molecule has 45 heavy (non-hydrogen) atoms. The molecule has 0 spiro atoms. The van der Waals surface area contributed by atoms with Gasteiger partial charge in [0.2, 0.25) is 0 Å². The standard InChI is InChI=1S/C37H52N4O4.H2/c1-24(2)44-35(42)34(45-36(6,7)8)32-27(5)39-23-30(33(32)41-18-15-37(9,10)16-19-41)31-14-12-28(22-40-31)38-17-20-43-29-13-11-25(3)26(4)21-29;/h11-14,21-24,34,38H,15-20H2,1-10H3;1H/t34-;/m0./s1. The zero-order valence-corrected chi connectivity index (χ0v) is 28.9. The lowest BCUT2D eigenvalue weighted by molar-refractivity contribution is -0.171. The number of nitrogens with zero attached hydrogens (tertiary/aromatic N) is 3. The maximum atomic E-state index is 13.6. The fraction of sp³-hybridized carbons (Fsp3) is 0.541. The minimum absolute atomic E-state index is 0. The number of piperidine rings is 1. The number of esters is 1. The second kappa shape index (κ2) is 14.2. The van der Waals surface area contributed by atoms with Gasteiger partial charge in [-0.3, -0.25) is 9.97 Å². The van der Waals surface area contributed by atoms with E-state index in [1.165, 1.54) is 11.1 Å². The molecule has 8 heteroatoms. The number of aryl methyl sites for hydroxylation is 3. The molecule has 3 heterocycles. The van der Waals surface area contributed by atoms with E-state index in [4.69, 9.17) is 24.2 Å². The maximum absolute atomic E-state index is 13.6. The van der Waals surface area contributed by atoms with Crippen molar-refractivity contribution >= 4 is 17.3 Å². The quantitative estimate of drug-likeness (QED) is 0.170. The third kappa shape index (κ3) is 9.19. The molecule has 0 aliphatic carbocycles. The summed E-state index contributed by atoms with van der Waals surface area (Å²) in [5.74, 6) is 0.465. The normalized spacial score (nSPS) is 15.6. The first kappa shape index (κ1) is 34.2. The van der Waals surface area contributed by atoms with Crippen LogP contribution in [0, 0.1) is 26.2 Å². The number of aromatic nitrogens is 2. The highest BCUT2D eigenvalue weighted by Gasteiger charge is 2.37. The van der Waals surface area contributed by atoms with Gasteiger partial charge in [-0.2, -0.15) is 0 Å². The molecule has 1 saturated heterocycles. The molecule has 0 radical (unpaired) electrons. The van der Waals surface area contributed by atoms with Crippen molar-refractivity contribution in [2.24, 2.45) is 5.41 Å². The first-order valence-electron chi connectivity index (χ1n) is 16.2. The van der Waals surface area contributed by atoms with E-state index < -0.39 is 17.7 Å². The lowest BCUT2D eigenvalue weighted by Gasteiger charge is -2.41. The summed E-state index contributed by atoms with van der Waals surface area (Å²) < 4.78 is 18.1. The van der Waals surface area contributed by atoms with Crippen molar-refractivity contribution in [1.82, 2.24) is 9.97 Å². The summed E-state index contributed by atoms with van der Waals surface area (Å²) in [5, 5.41) is 3.41. The molecule has 1 fully saturated rings. The average Bonchev–Trinajstić information content (AvgIpc) is 2.95. The molecule has 1 atom stereocenters. The van der Waals surface area contributed by atoms with Crippen LogP contribution in [0.1, 0.15) is 91.2 Å². The first-order chi connectivity index (χ1) is 21.1. The number of hydrogen-bond donors (Lipinski definition) is 1. The van der Waals surface area contributed by atoms with Crippen molar-refractivity contribution < 1.29 is 20.4 Å². The van der Waals surface area contributed by atoms with Gasteiger partial charge in [-0.25, -0.2) is 4.79 Å². The molecule has 2 aromatic heterocycles. The number of rotatable bonds is 11. The van der Waals surface area contributed by atoms with Crippen molar-refractivity contribution in [3.8, 4) is 17.0 Å². The van der Waals surface area contributed by atoms with Crippen LogP contribution >= 0.6 is 0 Å². The third-order valence-electron chi connectivity index (χ3n) is 8.24. The third-order valence-corrected chi connectivity index (χ3v) is 8.24. The Morgan fingerprint density at radius 2 is 1.73 bits per heavy atom. The van der Waals surface area contributed by atoms with Gasteiger partial charge in [0.15, 0.2) is 6.10 Å². The fourth-order valence-corrected chi connectivity index (χ4v) is 5.48. The van der Waals surface area contributed by atoms with Gasteiger partial charge in [0.1, 0.15) is 12.4 Å². The van der Waals surface area contributed by atoms with Crippen LogP contribution in [0.3, 0.4) is 0 Å². The summed E-state index contributed by atoms with van der Waals surface area (Å²) in [6.45, 7) is 23.2. The molecule has 8 nitrogen and oxygen atoms in total. The summed E-state index contributed by atoms with van der Waals surface area (Å²) in [5.41, 5.74) is 7.14. The number of hydrogen-bond acceptors (Lipinski definition) is 8. The van der Waals surface area contributed by atoms with Crippen LogP contribution in [0.15, 0.2) is 42.7 Å². The number of benzene rings is 1. The Morgan fingerprint density at radius 3 is 2.33 bits per heavy atom. The molecule has 0 amide bonds. The Labute approximate surface area is 271 Å². The average molecular weight is 619 g/mol. The van der Waals surface area contributed by atoms with Crippen molar-refractivity contribution in [1.29, 1.82) is 0 Å². The minimum atomic E-state index is -0.928. The molecule has 246 valence electrons. The number of ether oxygens (including phenoxy) is 3. The maximum Gasteiger partial charge on any atom is 0.340 e. The van der Waals surface area contributed by atoms with E-state index in [1.54, 1.807) is 0 Å². The van der Waals surface area contributed by atoms with Crippen molar-refractivity contribution in [3.63, 3.8) is 0 Å². The van der Waals surface area contributed by atoms with Crippen LogP contribution in [-0.2, 0) is 14.3 Å². The lowest BCUT2D eigenvalue weighted by atomic mass is 9.82. The summed E-state index contributed by atoms with van der Waals surface area (Å²) in [6.07, 6.45) is 4.59. The zero-order valence-electron chi connectivity index (χ0n) is 28.9. The first-order valence-corrected chi connectivity index (χ1v) is 16.2. The van der Waals surface area contributed by atoms with Gasteiger partial charge in [-0.15, -0.1) is 0 Å². The van der Waals surface area contributed by atoms with Crippen molar-refractivity contribution in [2.75, 3.05) is 36.5 Å². The molecule has 1 aliphatic rings. The lowest BCUT2D eigenvalue weighted by Crippen LogP contribution is -2.39. The summed E-state index contributed by atoms with van der Waals surface area (Å²) >= 11 is 0. The second-order valence-electron chi connectivity index (χ2n) is 14.2. The minimum Gasteiger partial charge on any atom is -0.492 e. The van der Waals surface area contributed by atoms with Crippen LogP contribution in [0.25, 0.3) is 11.3 Å². The second-order valence-corrected chi connectivity index (χ2v) is 14.2. The zero-order chi connectivity index (χ0) is 32.9. The van der Waals surface area contributed by atoms with Gasteiger partial charge in [0, 0.05) is 44.1 Å². The highest BCUT2D eigenvalue weighted by molar-refractivity contribution is 5.86. The molecular formula is C37H54N4O4. The number of carbonyl (C=O) groups is 1. The van der Waals surface area contributed by atoms with Gasteiger partial charge in [-0.05, 0) is 109 Å². The molecule has 0 bridgehead atoms. The molecular weight excluding hydrogens is 564 g/mol. The van der Waals surface area contributed by atoms with Gasteiger partial charge >= 0.3 is 5.97 Å². The predicted molar refractivity (Wildman–Crippen MR) is 184 cm³/mol. The highest BCUT2D eigenvalue weighted by atomic mass is 16.6. The Kier molecular flexibility index (Phi) is 10.8. The van der Waals surface area contributed by atoms with Gasteiger partial charge in [0.25, 0.3) is 0 Å². The van der Waals surface area contributed by atoms with E-state index in [9.17, 15) is 4.79 Å². The predicted octanol–water partition coefficient (Wildman–Crippen LogP) is 8.24. The molecule has 0 unspecified atom stereocenters. The van der Waals surface area contributed by atoms with Crippen LogP contribution in [0.4, 0.5) is 11.4 Å². The largest absolute Gasteiger partial charge is 0.492 e. The smallest absolute Gasteiger partial charge is 0.340 e. The van der Waals surface area contributed by atoms with Gasteiger partial charge in [-0.1, -0.05) is 19.9 Å². The summed E-state index contributed by atoms with van der Waals surface area (Å²) in [7, 11) is 0. The summed E-state index contributed by atoms with van der Waals surface area (Å²) in [4.78, 5) is 25.7. The number of nitrogens with one attached hydrogen (secondary N) is 1. The SMILES string of the molecule is Cc1ccc(OCCNc2ccc(-c3cnc(C)c([C@H](OC(C)(C)C)C(=O)OC(C)C)c3N3CCC(C)(C)CC3)nc2)cc1C.[HH]. The highest BCUT2D eigenvalue weighted by Crippen LogP contribution is 2.43. The molecule has 4 rings (SSSR count). The van der Waals surface area contributed by atoms with Gasteiger partial charge in [0.05, 0.1) is 35.0 Å². The monoisotopic (exact) mass is 618 g/mol. The molecule has 1 aromatic carbocycles. The Balaban J connectivity index is 0.00000576. The van der Waals surface area contributed by atoms with Gasteiger partial charge < -0.3 is 24.4 Å². The fourth-order valence-electron chi connectivity index (χ4n) is 5.48. The van der Waals surface area contributed by atoms with E-state index in [-0.39, 0.29) is 12.9 Å². The van der Waals surface area contributed by atoms with Crippen LogP contribution in [0.5, 0.6) is 5.75 Å². The van der Waals surface area contributed by atoms with Crippen LogP contribution < -0.4 is 15.0 Å². The van der Waals surface area contributed by atoms with Crippen molar-refractivity contribution in [3.05, 3.63) is 65.1 Å². The Hall–Kier alpha value is -3.65. The molecule has 1 aliphatic heterocycles. The number of carbonyl (C=O) groups excluding carboxylic acids is 1. The van der Waals surface area contributed by atoms with E-state index in [0.29, 0.717) is 13.2 Å². The number of pyridine rings is 2. The van der Waals surface area contributed by atoms with E-state index in [1.807, 2.05) is 72.1 Å².